The molecule has 0 atom stereocenters. The zero-order valence-corrected chi connectivity index (χ0v) is 15.4. The van der Waals surface area contributed by atoms with Gasteiger partial charge in [0.1, 0.15) is 6.54 Å². The number of alkyl halides is 5. The summed E-state index contributed by atoms with van der Waals surface area (Å²) in [5, 5.41) is 0. The van der Waals surface area contributed by atoms with E-state index in [1.54, 1.807) is 20.8 Å². The molecule has 0 N–H and O–H groups in total. The van der Waals surface area contributed by atoms with Crippen LogP contribution in [0.25, 0.3) is 6.08 Å². The van der Waals surface area contributed by atoms with Crippen LogP contribution in [0.4, 0.5) is 22.0 Å². The van der Waals surface area contributed by atoms with Gasteiger partial charge in [-0.3, -0.25) is 4.79 Å². The van der Waals surface area contributed by atoms with Gasteiger partial charge >= 0.3 is 12.8 Å². The Bertz CT molecular complexity index is 650. The van der Waals surface area contributed by atoms with Crippen LogP contribution < -0.4 is 9.47 Å². The van der Waals surface area contributed by atoms with Crippen LogP contribution in [0.3, 0.4) is 0 Å². The third kappa shape index (κ3) is 8.74. The molecule has 9 heteroatoms. The minimum absolute atomic E-state index is 0.00624. The molecule has 0 saturated heterocycles. The van der Waals surface area contributed by atoms with Crippen LogP contribution in [0.5, 0.6) is 11.5 Å². The number of rotatable bonds is 7. The van der Waals surface area contributed by atoms with E-state index in [1.807, 2.05) is 0 Å². The fourth-order valence-corrected chi connectivity index (χ4v) is 2.25. The van der Waals surface area contributed by atoms with Gasteiger partial charge in [0, 0.05) is 12.6 Å². The molecule has 0 aromatic heterocycles. The van der Waals surface area contributed by atoms with Crippen molar-refractivity contribution in [3.8, 4) is 11.5 Å². The van der Waals surface area contributed by atoms with Gasteiger partial charge in [0.25, 0.3) is 0 Å². The summed E-state index contributed by atoms with van der Waals surface area (Å²) in [5.74, 6) is -0.997. The largest absolute Gasteiger partial charge is 0.493 e. The Morgan fingerprint density at radius 2 is 1.78 bits per heavy atom. The van der Waals surface area contributed by atoms with Crippen LogP contribution in [0, 0.1) is 5.41 Å². The summed E-state index contributed by atoms with van der Waals surface area (Å²) in [7, 11) is 1.25. The number of hydrogen-bond donors (Lipinski definition) is 0. The highest BCUT2D eigenvalue weighted by molar-refractivity contribution is 5.92. The number of amides is 1. The molecule has 4 nitrogen and oxygen atoms in total. The zero-order valence-electron chi connectivity index (χ0n) is 15.4. The summed E-state index contributed by atoms with van der Waals surface area (Å²) in [5.41, 5.74) is -0.142. The number of nitrogens with zero attached hydrogens (tertiary/aromatic N) is 1. The number of halogens is 5. The van der Waals surface area contributed by atoms with Gasteiger partial charge in [-0.15, -0.1) is 0 Å². The molecule has 0 spiro atoms. The number of benzene rings is 1. The third-order valence-corrected chi connectivity index (χ3v) is 3.17. The fourth-order valence-electron chi connectivity index (χ4n) is 2.25. The van der Waals surface area contributed by atoms with Gasteiger partial charge in [0.05, 0.1) is 7.11 Å². The van der Waals surface area contributed by atoms with Crippen molar-refractivity contribution in [2.24, 2.45) is 5.41 Å². The first-order valence-corrected chi connectivity index (χ1v) is 7.97. The van der Waals surface area contributed by atoms with Crippen LogP contribution in [-0.2, 0) is 4.79 Å². The van der Waals surface area contributed by atoms with E-state index in [4.69, 9.17) is 4.74 Å². The highest BCUT2D eigenvalue weighted by Crippen LogP contribution is 2.30. The van der Waals surface area contributed by atoms with Crippen molar-refractivity contribution < 1.29 is 36.2 Å². The molecule has 0 aliphatic carbocycles. The van der Waals surface area contributed by atoms with E-state index in [0.717, 1.165) is 6.08 Å². The van der Waals surface area contributed by atoms with E-state index in [1.165, 1.54) is 31.4 Å². The van der Waals surface area contributed by atoms with E-state index in [0.29, 0.717) is 10.5 Å². The van der Waals surface area contributed by atoms with E-state index in [-0.39, 0.29) is 18.0 Å². The van der Waals surface area contributed by atoms with Crippen LogP contribution in [0.2, 0.25) is 0 Å². The Hall–Kier alpha value is -2.32. The quantitative estimate of drug-likeness (QED) is 0.494. The average Bonchev–Trinajstić information content (AvgIpc) is 2.49. The van der Waals surface area contributed by atoms with Crippen molar-refractivity contribution in [2.75, 3.05) is 20.2 Å². The predicted octanol–water partition coefficient (Wildman–Crippen LogP) is 4.75. The normalized spacial score (nSPS) is 12.5. The molecule has 27 heavy (non-hydrogen) atoms. The Morgan fingerprint density at radius 3 is 2.26 bits per heavy atom. The van der Waals surface area contributed by atoms with Crippen LogP contribution in [-0.4, -0.2) is 43.8 Å². The summed E-state index contributed by atoms with van der Waals surface area (Å²) in [4.78, 5) is 12.9. The lowest BCUT2D eigenvalue weighted by Gasteiger charge is -2.29. The molecule has 1 amide bonds. The minimum Gasteiger partial charge on any atom is -0.493 e. The Labute approximate surface area is 154 Å². The number of carbonyl (C=O) groups excluding carboxylic acids is 1. The lowest BCUT2D eigenvalue weighted by Crippen LogP contribution is -2.42. The molecule has 0 aliphatic rings. The number of methoxy groups -OCH3 is 1. The first kappa shape index (κ1) is 22.7. The van der Waals surface area contributed by atoms with Gasteiger partial charge in [-0.05, 0) is 29.2 Å². The molecule has 0 heterocycles. The summed E-state index contributed by atoms with van der Waals surface area (Å²) in [6.07, 6.45) is -2.24. The first-order chi connectivity index (χ1) is 12.3. The van der Waals surface area contributed by atoms with Crippen molar-refractivity contribution in [3.63, 3.8) is 0 Å². The van der Waals surface area contributed by atoms with Crippen molar-refractivity contribution in [3.05, 3.63) is 29.8 Å². The summed E-state index contributed by atoms with van der Waals surface area (Å²) >= 11 is 0. The molecule has 0 bridgehead atoms. The highest BCUT2D eigenvalue weighted by Gasteiger charge is 2.34. The average molecular weight is 395 g/mol. The summed E-state index contributed by atoms with van der Waals surface area (Å²) < 4.78 is 72.1. The van der Waals surface area contributed by atoms with E-state index in [2.05, 4.69) is 4.74 Å². The van der Waals surface area contributed by atoms with Crippen molar-refractivity contribution in [2.45, 2.75) is 33.6 Å². The third-order valence-electron chi connectivity index (χ3n) is 3.17. The second-order valence-corrected chi connectivity index (χ2v) is 6.99. The second-order valence-electron chi connectivity index (χ2n) is 6.99. The Balaban J connectivity index is 2.98. The van der Waals surface area contributed by atoms with E-state index < -0.39 is 30.7 Å². The van der Waals surface area contributed by atoms with Gasteiger partial charge in [-0.1, -0.05) is 26.8 Å². The monoisotopic (exact) mass is 395 g/mol. The van der Waals surface area contributed by atoms with Gasteiger partial charge in [-0.2, -0.15) is 22.0 Å². The van der Waals surface area contributed by atoms with Crippen LogP contribution in [0.1, 0.15) is 26.3 Å². The summed E-state index contributed by atoms with van der Waals surface area (Å²) in [6, 6.07) is 3.93. The van der Waals surface area contributed by atoms with E-state index in [9.17, 15) is 26.7 Å². The molecule has 0 fully saturated rings. The maximum atomic E-state index is 12.7. The van der Waals surface area contributed by atoms with Gasteiger partial charge in [0.2, 0.25) is 5.91 Å². The topological polar surface area (TPSA) is 38.8 Å². The van der Waals surface area contributed by atoms with E-state index >= 15 is 0 Å². The van der Waals surface area contributed by atoms with Crippen LogP contribution >= 0.6 is 0 Å². The number of hydrogen-bond acceptors (Lipinski definition) is 3. The van der Waals surface area contributed by atoms with Gasteiger partial charge in [0.15, 0.2) is 11.5 Å². The molecule has 0 saturated carbocycles. The number of ether oxygens (including phenoxy) is 2. The van der Waals surface area contributed by atoms with Crippen molar-refractivity contribution in [1.82, 2.24) is 4.90 Å². The highest BCUT2D eigenvalue weighted by atomic mass is 19.4. The molecule has 0 radical (unpaired) electrons. The molecule has 1 aromatic rings. The molecule has 0 aliphatic heterocycles. The molecule has 1 rings (SSSR count). The Morgan fingerprint density at radius 1 is 1.15 bits per heavy atom. The zero-order chi connectivity index (χ0) is 20.8. The Kier molecular flexibility index (Phi) is 7.62. The fraction of sp³-hybridized carbons (Fsp3) is 0.500. The summed E-state index contributed by atoms with van der Waals surface area (Å²) in [6.45, 7) is 0.688. The maximum absolute atomic E-state index is 12.7. The second kappa shape index (κ2) is 9.05. The molecule has 0 unspecified atom stereocenters. The molecule has 152 valence electrons. The molecular formula is C18H22F5NO3. The lowest BCUT2D eigenvalue weighted by molar-refractivity contribution is -0.160. The smallest absolute Gasteiger partial charge is 0.406 e. The number of carbonyl (C=O) groups is 1. The SMILES string of the molecule is COc1cc(/C=C/C(=O)N(CC(C)(C)C)CC(F)(F)F)ccc1OC(F)F. The van der Waals surface area contributed by atoms with Gasteiger partial charge < -0.3 is 14.4 Å². The lowest BCUT2D eigenvalue weighted by atomic mass is 9.96. The molecular weight excluding hydrogens is 373 g/mol. The molecule has 1 aromatic carbocycles. The standard InChI is InChI=1S/C18H22F5NO3/c1-17(2,3)10-24(11-18(21,22)23)15(25)8-6-12-5-7-13(27-16(19)20)14(9-12)26-4/h5-9,16H,10-11H2,1-4H3/b8-6+. The minimum atomic E-state index is -4.52. The van der Waals surface area contributed by atoms with Gasteiger partial charge in [-0.25, -0.2) is 0 Å². The van der Waals surface area contributed by atoms with Crippen molar-refractivity contribution in [1.29, 1.82) is 0 Å². The van der Waals surface area contributed by atoms with Crippen molar-refractivity contribution >= 4 is 12.0 Å². The van der Waals surface area contributed by atoms with Crippen LogP contribution in [0.15, 0.2) is 24.3 Å². The first-order valence-electron chi connectivity index (χ1n) is 7.97. The maximum Gasteiger partial charge on any atom is 0.406 e. The predicted molar refractivity (Wildman–Crippen MR) is 90.8 cm³/mol.